The third-order valence-corrected chi connectivity index (χ3v) is 14.3. The first kappa shape index (κ1) is 47.2. The summed E-state index contributed by atoms with van der Waals surface area (Å²) in [4.78, 5) is 75.4. The zero-order chi connectivity index (χ0) is 45.3. The Bertz CT molecular complexity index is 2360. The molecule has 1 aromatic carbocycles. The van der Waals surface area contributed by atoms with Gasteiger partial charge in [-0.3, -0.25) is 33.6 Å². The Labute approximate surface area is 388 Å². The van der Waals surface area contributed by atoms with Crippen molar-refractivity contribution in [3.63, 3.8) is 0 Å². The summed E-state index contributed by atoms with van der Waals surface area (Å²) in [5, 5.41) is 22.8. The maximum absolute atomic E-state index is 13.4. The Morgan fingerprint density at radius 2 is 1.77 bits per heavy atom. The van der Waals surface area contributed by atoms with Crippen LogP contribution >= 0.6 is 34.5 Å². The standard InChI is InChI=1S/C46H59Cl2N9O6S/c1-53(2)22-9-11-40(61)57-30-12-15-37(57)46(63)56(27-30)42-17-14-31(64-42)13-16-39(60)49-20-8-6-4-3-5-7-10-38(59)50-21-25-55-24-19-36(52-55)32-26-34(47)44(48)45-43(32)33-28-54(41(62)29-58)23-18-35(33)51-45/h9,11,14,17,19,24,26,30,37,51,58H,3-8,10,12-13,15-16,18,20-23,25,27-29H2,1-2H3,(H,49,60)(H,50,59)/b11-9+. The van der Waals surface area contributed by atoms with E-state index >= 15 is 0 Å². The van der Waals surface area contributed by atoms with Crippen molar-refractivity contribution < 1.29 is 29.1 Å². The van der Waals surface area contributed by atoms with Crippen LogP contribution in [0.15, 0.2) is 42.6 Å². The Morgan fingerprint density at radius 1 is 1.00 bits per heavy atom. The van der Waals surface area contributed by atoms with Crippen LogP contribution in [-0.4, -0.2) is 130 Å². The SMILES string of the molecule is CN(C)C/C=C/C(=O)N1C2CCC1C(=O)N(c1ccc(CCC(=O)NCCCCCCCCC(=O)NCCn3ccc(-c4cc(Cl)c(Cl)c5[nH]c6c(c45)CN(C(=O)CO)CC6)n3)s1)C2. The van der Waals surface area contributed by atoms with Crippen LogP contribution in [0.2, 0.25) is 10.0 Å². The van der Waals surface area contributed by atoms with Crippen molar-refractivity contribution in [1.82, 2.24) is 40.1 Å². The number of rotatable bonds is 21. The summed E-state index contributed by atoms with van der Waals surface area (Å²) in [6, 6.07) is 7.24. The van der Waals surface area contributed by atoms with Crippen LogP contribution in [0.5, 0.6) is 0 Å². The van der Waals surface area contributed by atoms with Crippen LogP contribution < -0.4 is 15.5 Å². The number of H-pyrrole nitrogens is 1. The molecule has 0 radical (unpaired) electrons. The molecule has 0 saturated carbocycles. The summed E-state index contributed by atoms with van der Waals surface area (Å²) in [5.74, 6) is -0.407. The molecular weight excluding hydrogens is 878 g/mol. The number of benzene rings is 1. The van der Waals surface area contributed by atoms with Crippen molar-refractivity contribution in [2.45, 2.75) is 102 Å². The molecule has 15 nitrogen and oxygen atoms in total. The van der Waals surface area contributed by atoms with Gasteiger partial charge in [0.1, 0.15) is 12.6 Å². The van der Waals surface area contributed by atoms with E-state index in [1.807, 2.05) is 54.4 Å². The fourth-order valence-electron chi connectivity index (χ4n) is 8.97. The molecule has 2 bridgehead atoms. The number of carbonyl (C=O) groups is 5. The number of aryl methyl sites for hydroxylation is 1. The number of unbranched alkanes of at least 4 members (excludes halogenated alkanes) is 5. The van der Waals surface area contributed by atoms with Gasteiger partial charge in [0.25, 0.3) is 0 Å². The molecule has 6 heterocycles. The fraction of sp³-hybridized carbons (Fsp3) is 0.522. The number of halogens is 2. The van der Waals surface area contributed by atoms with Gasteiger partial charge in [0, 0.05) is 97.9 Å². The molecule has 0 aliphatic carbocycles. The van der Waals surface area contributed by atoms with E-state index in [-0.39, 0.29) is 35.6 Å². The molecular formula is C46H59Cl2N9O6S. The Balaban J connectivity index is 0.737. The van der Waals surface area contributed by atoms with E-state index in [2.05, 4.69) is 15.6 Å². The number of anilines is 1. The number of likely N-dealkylation sites (N-methyl/N-ethyl adjacent to an activating group) is 1. The van der Waals surface area contributed by atoms with Gasteiger partial charge in [0.05, 0.1) is 38.8 Å². The van der Waals surface area contributed by atoms with E-state index in [4.69, 9.17) is 28.3 Å². The number of carbonyl (C=O) groups excluding carboxylic acids is 5. The third-order valence-electron chi connectivity index (χ3n) is 12.3. The molecule has 4 aromatic rings. The van der Waals surface area contributed by atoms with Crippen molar-refractivity contribution in [2.75, 3.05) is 58.3 Å². The molecule has 0 spiro atoms. The first-order valence-electron chi connectivity index (χ1n) is 22.4. The summed E-state index contributed by atoms with van der Waals surface area (Å²) in [6.07, 6.45) is 14.6. The number of amides is 5. The topological polar surface area (TPSA) is 176 Å². The molecule has 3 aliphatic heterocycles. The summed E-state index contributed by atoms with van der Waals surface area (Å²) in [7, 11) is 3.89. The lowest BCUT2D eigenvalue weighted by Gasteiger charge is -2.39. The Hall–Kier alpha value is -4.74. The molecule has 2 unspecified atom stereocenters. The Kier molecular flexibility index (Phi) is 16.2. The number of aromatic nitrogens is 3. The molecule has 4 N–H and O–H groups in total. The third kappa shape index (κ3) is 11.4. The number of thiophene rings is 1. The zero-order valence-electron chi connectivity index (χ0n) is 36.7. The molecule has 5 amide bonds. The first-order chi connectivity index (χ1) is 30.9. The molecule has 2 fully saturated rings. The normalized spacial score (nSPS) is 17.3. The lowest BCUT2D eigenvalue weighted by atomic mass is 9.99. The highest BCUT2D eigenvalue weighted by Crippen LogP contribution is 2.42. The summed E-state index contributed by atoms with van der Waals surface area (Å²) >= 11 is 14.7. The van der Waals surface area contributed by atoms with Crippen molar-refractivity contribution >= 4 is 80.0 Å². The lowest BCUT2D eigenvalue weighted by Crippen LogP contribution is -2.58. The number of aliphatic hydroxyl groups excluding tert-OH is 1. The van der Waals surface area contributed by atoms with Crippen molar-refractivity contribution in [2.24, 2.45) is 0 Å². The van der Waals surface area contributed by atoms with Crippen LogP contribution in [0, 0.1) is 0 Å². The molecule has 344 valence electrons. The van der Waals surface area contributed by atoms with Gasteiger partial charge in [-0.05, 0) is 70.5 Å². The molecule has 3 aromatic heterocycles. The van der Waals surface area contributed by atoms with E-state index in [0.717, 1.165) is 77.0 Å². The fourth-order valence-corrected chi connectivity index (χ4v) is 10.4. The Morgan fingerprint density at radius 3 is 2.56 bits per heavy atom. The molecule has 2 atom stereocenters. The van der Waals surface area contributed by atoms with Crippen LogP contribution in [0.4, 0.5) is 5.00 Å². The largest absolute Gasteiger partial charge is 0.387 e. The maximum atomic E-state index is 13.4. The van der Waals surface area contributed by atoms with Gasteiger partial charge in [-0.25, -0.2) is 0 Å². The second-order valence-corrected chi connectivity index (χ2v) is 19.1. The molecule has 3 aliphatic rings. The number of piperazine rings is 1. The number of aliphatic hydroxyl groups is 1. The maximum Gasteiger partial charge on any atom is 0.250 e. The van der Waals surface area contributed by atoms with Gasteiger partial charge >= 0.3 is 0 Å². The quantitative estimate of drug-likeness (QED) is 0.0609. The molecule has 2 saturated heterocycles. The molecule has 64 heavy (non-hydrogen) atoms. The lowest BCUT2D eigenvalue weighted by molar-refractivity contribution is -0.137. The van der Waals surface area contributed by atoms with Crippen molar-refractivity contribution in [3.05, 3.63) is 68.8 Å². The number of nitrogens with zero attached hydrogens (tertiary/aromatic N) is 6. The summed E-state index contributed by atoms with van der Waals surface area (Å²) in [6.45, 7) is 3.05. The minimum atomic E-state index is -0.542. The van der Waals surface area contributed by atoms with Gasteiger partial charge in [0.2, 0.25) is 29.5 Å². The van der Waals surface area contributed by atoms with Gasteiger partial charge in [-0.15, -0.1) is 11.3 Å². The second-order valence-electron chi connectivity index (χ2n) is 17.2. The number of nitrogens with one attached hydrogen (secondary N) is 3. The van der Waals surface area contributed by atoms with Crippen molar-refractivity contribution in [3.8, 4) is 11.3 Å². The molecule has 18 heteroatoms. The van der Waals surface area contributed by atoms with Gasteiger partial charge in [0.15, 0.2) is 0 Å². The predicted molar refractivity (Wildman–Crippen MR) is 250 cm³/mol. The average molecular weight is 937 g/mol. The van der Waals surface area contributed by atoms with Crippen molar-refractivity contribution in [1.29, 1.82) is 0 Å². The van der Waals surface area contributed by atoms with E-state index in [1.54, 1.807) is 38.0 Å². The van der Waals surface area contributed by atoms with Crippen LogP contribution in [-0.2, 0) is 49.9 Å². The van der Waals surface area contributed by atoms with Crippen LogP contribution in [0.25, 0.3) is 22.2 Å². The van der Waals surface area contributed by atoms with Gasteiger partial charge in [-0.2, -0.15) is 5.10 Å². The van der Waals surface area contributed by atoms with E-state index < -0.39 is 12.6 Å². The predicted octanol–water partition coefficient (Wildman–Crippen LogP) is 5.70. The van der Waals surface area contributed by atoms with Crippen LogP contribution in [0.1, 0.15) is 80.3 Å². The van der Waals surface area contributed by atoms with E-state index in [1.165, 1.54) is 0 Å². The van der Waals surface area contributed by atoms with Gasteiger partial charge < -0.3 is 35.4 Å². The second kappa shape index (κ2) is 22.0. The number of hydrogen-bond acceptors (Lipinski definition) is 9. The zero-order valence-corrected chi connectivity index (χ0v) is 39.0. The van der Waals surface area contributed by atoms with E-state index in [9.17, 15) is 29.1 Å². The minimum absolute atomic E-state index is 0.0110. The highest BCUT2D eigenvalue weighted by Gasteiger charge is 2.48. The highest BCUT2D eigenvalue weighted by atomic mass is 35.5. The van der Waals surface area contributed by atoms with Gasteiger partial charge in [-0.1, -0.05) is 55.0 Å². The van der Waals surface area contributed by atoms with Crippen LogP contribution in [0.3, 0.4) is 0 Å². The average Bonchev–Trinajstić information content (AvgIpc) is 4.10. The van der Waals surface area contributed by atoms with E-state index in [0.29, 0.717) is 99.2 Å². The summed E-state index contributed by atoms with van der Waals surface area (Å²) in [5.41, 5.74) is 4.11. The highest BCUT2D eigenvalue weighted by molar-refractivity contribution is 7.16. The molecule has 7 rings (SSSR count). The first-order valence-corrected chi connectivity index (χ1v) is 24.0. The smallest absolute Gasteiger partial charge is 0.250 e. The number of aromatic amines is 1. The number of fused-ring (bicyclic) bond motifs is 5. The number of hydrogen-bond donors (Lipinski definition) is 4. The minimum Gasteiger partial charge on any atom is -0.387 e. The summed E-state index contributed by atoms with van der Waals surface area (Å²) < 4.78 is 1.78. The monoisotopic (exact) mass is 935 g/mol.